The molecule has 7 aliphatic rings. The largest absolute Gasteiger partial charge is 0.505 e. The number of halogens is 1. The Hall–Kier alpha value is -12.8. The Morgan fingerprint density at radius 3 is 2.20 bits per heavy atom. The van der Waals surface area contributed by atoms with Crippen molar-refractivity contribution >= 4 is 94.1 Å². The van der Waals surface area contributed by atoms with Gasteiger partial charge in [0, 0.05) is 91.0 Å². The quantitative estimate of drug-likeness (QED) is 0.0676. The molecule has 5 saturated heterocycles. The number of anilines is 2. The lowest BCUT2D eigenvalue weighted by molar-refractivity contribution is -0.157. The van der Waals surface area contributed by atoms with Gasteiger partial charge in [-0.05, 0) is 93.0 Å². The molecule has 122 heavy (non-hydrogen) atoms. The topological polar surface area (TPSA) is 435 Å². The van der Waals surface area contributed by atoms with Crippen molar-refractivity contribution in [2.24, 2.45) is 11.8 Å². The van der Waals surface area contributed by atoms with Crippen LogP contribution in [0, 0.1) is 17.7 Å². The molecule has 10 amide bonds. The fourth-order valence-electron chi connectivity index (χ4n) is 15.0. The van der Waals surface area contributed by atoms with Crippen LogP contribution in [0.1, 0.15) is 137 Å². The third kappa shape index (κ3) is 24.1. The summed E-state index contributed by atoms with van der Waals surface area (Å²) in [6.45, 7) is 15.4. The van der Waals surface area contributed by atoms with E-state index in [0.717, 1.165) is 17.4 Å². The van der Waals surface area contributed by atoms with Crippen molar-refractivity contribution in [1.29, 1.82) is 0 Å². The summed E-state index contributed by atoms with van der Waals surface area (Å²) in [5.41, 5.74) is 2.32. The molecular weight excluding hydrogens is 1580 g/mol. The van der Waals surface area contributed by atoms with E-state index < -0.39 is 131 Å². The van der Waals surface area contributed by atoms with Crippen LogP contribution in [0.2, 0.25) is 0 Å². The Morgan fingerprint density at radius 1 is 0.779 bits per heavy atom. The first kappa shape index (κ1) is 91.5. The van der Waals surface area contributed by atoms with Gasteiger partial charge in [0.2, 0.25) is 47.2 Å². The summed E-state index contributed by atoms with van der Waals surface area (Å²) < 4.78 is 41.9. The number of piperidine rings is 1. The van der Waals surface area contributed by atoms with Crippen LogP contribution in [0.3, 0.4) is 0 Å². The van der Waals surface area contributed by atoms with Gasteiger partial charge in [-0.3, -0.25) is 57.6 Å². The highest BCUT2D eigenvalue weighted by Crippen LogP contribution is 2.32. The number of nitrogens with zero attached hydrogens (tertiary/aromatic N) is 8. The van der Waals surface area contributed by atoms with Crippen molar-refractivity contribution < 1.29 is 105 Å². The zero-order valence-electron chi connectivity index (χ0n) is 69.2. The minimum atomic E-state index is -1.68. The number of nitrogens with one attached hydrogen (secondary N) is 5. The standard InChI is InChI=1S/C43H49N7O10.C28H35N3O7.C16H20FN3O4/c1-4-29-40(56)49-21-12-17-30(49)41(57)48(3)32(23-26-13-7-5-8-14-26)42(58)50-22-19-28(51)24-31(50)37(53)47-35(27-15-9-6-10-16-27)43(59)60-25(2)34(38(54)45-29)46-39(55)36-33(52)18-11-20-44-36;1-17(2)26-19(4)9-10-24(34)29-11-5-7-18(3)13-20(32)14-21(33)15-25-30-22(16-37-25)27(35)31-12-6-8-23(31)28(36)38-26;1-11(21)18-9-13-10-20(16(22)24-13)12-2-3-15(14(17)8-12)19-4-6-23-7-5-19/h5-11,13-16,18,20,25,29-32,34-35,52H,4,12,17,19,21-24H2,1-3H3,(H,45,54)(H,46,55)(H,47,53);5,7-10,13,16-17,19-20,26,32H,6,11-12,14-15H2,1-4H3,(H,29,34);2-3,8,13H,4-7,9-10H2,1H3,(H,18,21)/b;7-5?,10-9-,18-13?;/t;;13-/m..0/s1. The molecule has 10 unspecified atom stereocenters. The number of fused-ring (bicyclic) bond motifs is 5. The third-order valence-corrected chi connectivity index (χ3v) is 21.5. The van der Waals surface area contributed by atoms with E-state index in [-0.39, 0.29) is 148 Å². The van der Waals surface area contributed by atoms with E-state index in [4.69, 9.17) is 23.4 Å². The van der Waals surface area contributed by atoms with E-state index in [1.54, 1.807) is 111 Å². The molecule has 9 heterocycles. The fourth-order valence-corrected chi connectivity index (χ4v) is 15.0. The molecule has 0 aliphatic carbocycles. The van der Waals surface area contributed by atoms with Gasteiger partial charge in [-0.15, -0.1) is 0 Å². The van der Waals surface area contributed by atoms with Gasteiger partial charge < -0.3 is 84.7 Å². The number of aliphatic hydroxyl groups excluding tert-OH is 1. The van der Waals surface area contributed by atoms with Gasteiger partial charge in [0.15, 0.2) is 17.4 Å². The summed E-state index contributed by atoms with van der Waals surface area (Å²) >= 11 is 0. The molecule has 0 radical (unpaired) electrons. The maximum absolute atomic E-state index is 14.8. The van der Waals surface area contributed by atoms with E-state index in [1.165, 1.54) is 75.9 Å². The minimum Gasteiger partial charge on any atom is -0.505 e. The van der Waals surface area contributed by atoms with Crippen molar-refractivity contribution in [3.8, 4) is 5.75 Å². The van der Waals surface area contributed by atoms with Gasteiger partial charge in [-0.1, -0.05) is 124 Å². The molecule has 0 saturated carbocycles. The number of aliphatic hydroxyl groups is 1. The van der Waals surface area contributed by atoms with Crippen LogP contribution in [0.25, 0.3) is 0 Å². The van der Waals surface area contributed by atoms with Crippen LogP contribution in [-0.2, 0) is 84.5 Å². The van der Waals surface area contributed by atoms with Crippen molar-refractivity contribution in [2.75, 3.05) is 82.4 Å². The summed E-state index contributed by atoms with van der Waals surface area (Å²) in [5.74, 6) is -8.94. The molecule has 0 spiro atoms. The van der Waals surface area contributed by atoms with Crippen LogP contribution < -0.4 is 36.4 Å². The number of hydrogen-bond acceptors (Lipinski definition) is 24. The van der Waals surface area contributed by atoms with E-state index in [9.17, 15) is 81.7 Å². The molecule has 2 bridgehead atoms. The number of carbonyl (C=O) groups excluding carboxylic acids is 14. The number of carbonyl (C=O) groups is 14. The number of hydrogen-bond donors (Lipinski definition) is 7. The van der Waals surface area contributed by atoms with Crippen LogP contribution in [0.4, 0.5) is 20.6 Å². The molecule has 35 heteroatoms. The summed E-state index contributed by atoms with van der Waals surface area (Å²) in [6.07, 6.45) is 8.74. The van der Waals surface area contributed by atoms with Crippen molar-refractivity contribution in [3.63, 3.8) is 0 Å². The molecule has 5 fully saturated rings. The summed E-state index contributed by atoms with van der Waals surface area (Å²) in [5, 5.41) is 33.8. The van der Waals surface area contributed by atoms with Crippen LogP contribution in [0.5, 0.6) is 5.75 Å². The number of allylic oxidation sites excluding steroid dienone is 2. The highest BCUT2D eigenvalue weighted by atomic mass is 19.1. The Balaban J connectivity index is 0.000000213. The number of aromatic hydroxyl groups is 1. The normalized spacial score (nSPS) is 24.9. The first-order chi connectivity index (χ1) is 58.4. The highest BCUT2D eigenvalue weighted by molar-refractivity contribution is 6.03. The molecular formula is C87H104FN13O21. The second-order valence-electron chi connectivity index (χ2n) is 30.8. The monoisotopic (exact) mass is 1690 g/mol. The maximum atomic E-state index is 14.8. The van der Waals surface area contributed by atoms with E-state index in [1.807, 2.05) is 31.7 Å². The number of Topliss-reactive ketones (excluding diaryl/α,β-unsaturated/α-hetero) is 2. The molecule has 12 rings (SSSR count). The number of esters is 2. The van der Waals surface area contributed by atoms with Gasteiger partial charge >= 0.3 is 18.0 Å². The Kier molecular flexibility index (Phi) is 32.2. The predicted molar refractivity (Wildman–Crippen MR) is 438 cm³/mol. The number of morpholine rings is 1. The van der Waals surface area contributed by atoms with Crippen LogP contribution >= 0.6 is 0 Å². The number of amides is 10. The zero-order valence-corrected chi connectivity index (χ0v) is 69.2. The van der Waals surface area contributed by atoms with E-state index in [0.29, 0.717) is 50.5 Å². The van der Waals surface area contributed by atoms with Crippen molar-refractivity contribution in [3.05, 3.63) is 185 Å². The predicted octanol–water partition coefficient (Wildman–Crippen LogP) is 4.99. The Bertz CT molecular complexity index is 4800. The summed E-state index contributed by atoms with van der Waals surface area (Å²) in [6, 6.07) is 16.4. The first-order valence-corrected chi connectivity index (χ1v) is 40.6. The number of ketones is 2. The number of aromatic nitrogens is 2. The minimum absolute atomic E-state index is 0.0315. The number of oxazole rings is 1. The van der Waals surface area contributed by atoms with Crippen LogP contribution in [-0.4, -0.2) is 250 Å². The second kappa shape index (κ2) is 42.9. The molecule has 650 valence electrons. The lowest BCUT2D eigenvalue weighted by Crippen LogP contribution is -2.61. The number of rotatable bonds is 11. The Labute approximate surface area is 704 Å². The van der Waals surface area contributed by atoms with Gasteiger partial charge in [-0.25, -0.2) is 28.7 Å². The second-order valence-corrected chi connectivity index (χ2v) is 30.8. The van der Waals surface area contributed by atoms with Gasteiger partial charge in [0.25, 0.3) is 11.8 Å². The van der Waals surface area contributed by atoms with Crippen LogP contribution in [0.15, 0.2) is 156 Å². The Morgan fingerprint density at radius 2 is 1.50 bits per heavy atom. The molecule has 5 aromatic rings. The highest BCUT2D eigenvalue weighted by Gasteiger charge is 2.47. The number of benzene rings is 3. The first-order valence-electron chi connectivity index (χ1n) is 40.6. The molecule has 7 N–H and O–H groups in total. The van der Waals surface area contributed by atoms with E-state index in [2.05, 4.69) is 36.6 Å². The lowest BCUT2D eigenvalue weighted by Gasteiger charge is -2.40. The SMILES string of the molecule is CC(=O)NC[C@H]1CN(c2ccc(N3CCOCC3)c(F)c2)C(=O)O1.CC1=CC(O)CC(=O)Cc2nc(co2)C(=O)N2CCC=C2C(=O)OC(C(C)C)C(C)/C=C\C(=O)NCC=C1.CCC1NC(=O)C(NC(=O)c2ncccc2O)C(C)OC(=O)C(c2ccccc2)NC(=O)C2CC(=O)CCN2C(=O)C(Cc2ccccc2)N(C)C(=O)C2CCCN2C1=O. The zero-order chi connectivity index (χ0) is 88.0. The lowest BCUT2D eigenvalue weighted by atomic mass is 9.94. The van der Waals surface area contributed by atoms with Crippen molar-refractivity contribution in [1.82, 2.24) is 56.2 Å². The van der Waals surface area contributed by atoms with Gasteiger partial charge in [0.05, 0.1) is 50.2 Å². The number of likely N-dealkylation sites (N-methyl/N-ethyl adjacent to an activating group) is 1. The molecule has 34 nitrogen and oxygen atoms in total. The van der Waals surface area contributed by atoms with E-state index >= 15 is 0 Å². The van der Waals surface area contributed by atoms with Gasteiger partial charge in [0.1, 0.15) is 83.6 Å². The maximum Gasteiger partial charge on any atom is 0.414 e. The fraction of sp³-hybridized carbons (Fsp3) is 0.448. The molecule has 11 atom stereocenters. The number of pyridine rings is 1. The molecule has 3 aromatic carbocycles. The average Bonchev–Trinajstić information content (AvgIpc) is 1.45. The summed E-state index contributed by atoms with van der Waals surface area (Å²) in [4.78, 5) is 203. The summed E-state index contributed by atoms with van der Waals surface area (Å²) in [7, 11) is 1.47. The number of ether oxygens (including phenoxy) is 4. The third-order valence-electron chi connectivity index (χ3n) is 21.5. The number of cyclic esters (lactones) is 3. The smallest absolute Gasteiger partial charge is 0.414 e. The van der Waals surface area contributed by atoms with Gasteiger partial charge in [-0.2, -0.15) is 0 Å². The average molecular weight is 1690 g/mol. The molecule has 7 aliphatic heterocycles. The van der Waals surface area contributed by atoms with Crippen molar-refractivity contribution in [2.45, 2.75) is 167 Å². The molecule has 2 aromatic heterocycles.